The SMILES string of the molecule is CCOc1cc(/C=C2\SC(=Nc3c(C)cccc3C)NC2=O)cc(Cl)c1OC. The molecule has 0 unspecified atom stereocenters. The van der Waals surface area contributed by atoms with Gasteiger partial charge in [-0.05, 0) is 67.4 Å². The third-order valence-electron chi connectivity index (χ3n) is 4.14. The lowest BCUT2D eigenvalue weighted by atomic mass is 10.1. The number of carbonyl (C=O) groups excluding carboxylic acids is 1. The quantitative estimate of drug-likeness (QED) is 0.675. The van der Waals surface area contributed by atoms with Crippen molar-refractivity contribution in [1.29, 1.82) is 0 Å². The van der Waals surface area contributed by atoms with Gasteiger partial charge in [0.2, 0.25) is 0 Å². The summed E-state index contributed by atoms with van der Waals surface area (Å²) >= 11 is 7.59. The molecule has 2 aromatic rings. The predicted octanol–water partition coefficient (Wildman–Crippen LogP) is 5.26. The maximum absolute atomic E-state index is 12.4. The molecule has 1 amide bonds. The average Bonchev–Trinajstić information content (AvgIpc) is 2.98. The fourth-order valence-corrected chi connectivity index (χ4v) is 3.97. The number of benzene rings is 2. The summed E-state index contributed by atoms with van der Waals surface area (Å²) in [5, 5.41) is 3.80. The molecular formula is C21H21ClN2O3S. The molecule has 0 saturated carbocycles. The number of hydrogen-bond acceptors (Lipinski definition) is 5. The lowest BCUT2D eigenvalue weighted by molar-refractivity contribution is -0.115. The van der Waals surface area contributed by atoms with E-state index >= 15 is 0 Å². The summed E-state index contributed by atoms with van der Waals surface area (Å²) in [6.45, 7) is 6.36. The first kappa shape index (κ1) is 20.3. The molecule has 7 heteroatoms. The Morgan fingerprint density at radius 3 is 2.61 bits per heavy atom. The van der Waals surface area contributed by atoms with E-state index < -0.39 is 0 Å². The minimum atomic E-state index is -0.195. The average molecular weight is 417 g/mol. The highest BCUT2D eigenvalue weighted by atomic mass is 35.5. The lowest BCUT2D eigenvalue weighted by Gasteiger charge is -2.11. The van der Waals surface area contributed by atoms with E-state index in [9.17, 15) is 4.79 Å². The zero-order valence-electron chi connectivity index (χ0n) is 16.1. The fraction of sp³-hybridized carbons (Fsp3) is 0.238. The first-order valence-corrected chi connectivity index (χ1v) is 9.98. The number of amidine groups is 1. The number of rotatable bonds is 5. The number of hydrogen-bond donors (Lipinski definition) is 1. The van der Waals surface area contributed by atoms with Gasteiger partial charge in [0.05, 0.1) is 29.3 Å². The summed E-state index contributed by atoms with van der Waals surface area (Å²) in [5.74, 6) is 0.823. The van der Waals surface area contributed by atoms with Gasteiger partial charge in [0.25, 0.3) is 5.91 Å². The number of methoxy groups -OCH3 is 1. The summed E-state index contributed by atoms with van der Waals surface area (Å²) in [6, 6.07) is 9.53. The molecule has 146 valence electrons. The Kier molecular flexibility index (Phi) is 6.31. The van der Waals surface area contributed by atoms with Crippen molar-refractivity contribution < 1.29 is 14.3 Å². The van der Waals surface area contributed by atoms with Crippen LogP contribution in [0.3, 0.4) is 0 Å². The molecule has 1 heterocycles. The molecule has 0 aliphatic carbocycles. The van der Waals surface area contributed by atoms with Gasteiger partial charge in [0.15, 0.2) is 16.7 Å². The highest BCUT2D eigenvalue weighted by molar-refractivity contribution is 8.18. The molecule has 28 heavy (non-hydrogen) atoms. The normalized spacial score (nSPS) is 16.5. The zero-order chi connectivity index (χ0) is 20.3. The van der Waals surface area contributed by atoms with Crippen molar-refractivity contribution >= 4 is 46.2 Å². The Hall–Kier alpha value is -2.44. The molecule has 1 aliphatic heterocycles. The summed E-state index contributed by atoms with van der Waals surface area (Å²) < 4.78 is 10.9. The van der Waals surface area contributed by atoms with E-state index in [1.54, 1.807) is 25.3 Å². The van der Waals surface area contributed by atoms with Gasteiger partial charge >= 0.3 is 0 Å². The molecule has 0 atom stereocenters. The Morgan fingerprint density at radius 1 is 1.25 bits per heavy atom. The summed E-state index contributed by atoms with van der Waals surface area (Å²) in [6.07, 6.45) is 1.76. The van der Waals surface area contributed by atoms with Gasteiger partial charge in [-0.15, -0.1) is 0 Å². The molecule has 0 bridgehead atoms. The van der Waals surface area contributed by atoms with E-state index in [2.05, 4.69) is 10.3 Å². The number of nitrogens with zero attached hydrogens (tertiary/aromatic N) is 1. The second-order valence-electron chi connectivity index (χ2n) is 6.19. The highest BCUT2D eigenvalue weighted by Gasteiger charge is 2.24. The van der Waals surface area contributed by atoms with Crippen molar-refractivity contribution in [2.24, 2.45) is 4.99 Å². The Labute approximate surface area is 173 Å². The first-order valence-electron chi connectivity index (χ1n) is 8.79. The highest BCUT2D eigenvalue weighted by Crippen LogP contribution is 2.38. The van der Waals surface area contributed by atoms with Gasteiger partial charge < -0.3 is 14.8 Å². The van der Waals surface area contributed by atoms with E-state index in [0.717, 1.165) is 22.4 Å². The van der Waals surface area contributed by atoms with E-state index in [-0.39, 0.29) is 5.91 Å². The molecule has 3 rings (SSSR count). The van der Waals surface area contributed by atoms with E-state index in [4.69, 9.17) is 21.1 Å². The van der Waals surface area contributed by atoms with E-state index in [1.165, 1.54) is 11.8 Å². The van der Waals surface area contributed by atoms with Gasteiger partial charge in [-0.3, -0.25) is 4.79 Å². The molecule has 1 aliphatic rings. The topological polar surface area (TPSA) is 59.9 Å². The van der Waals surface area contributed by atoms with Crippen LogP contribution in [0.25, 0.3) is 6.08 Å². The lowest BCUT2D eigenvalue weighted by Crippen LogP contribution is -2.19. The van der Waals surface area contributed by atoms with Gasteiger partial charge in [-0.25, -0.2) is 4.99 Å². The number of aryl methyl sites for hydroxylation is 2. The number of para-hydroxylation sites is 1. The molecule has 1 saturated heterocycles. The number of amides is 1. The Morgan fingerprint density at radius 2 is 1.96 bits per heavy atom. The minimum Gasteiger partial charge on any atom is -0.491 e. The number of carbonyl (C=O) groups is 1. The summed E-state index contributed by atoms with van der Waals surface area (Å²) in [7, 11) is 1.54. The van der Waals surface area contributed by atoms with Crippen LogP contribution in [0, 0.1) is 13.8 Å². The predicted molar refractivity (Wildman–Crippen MR) is 116 cm³/mol. The molecule has 1 N–H and O–H groups in total. The largest absolute Gasteiger partial charge is 0.491 e. The van der Waals surface area contributed by atoms with Crippen LogP contribution in [0.4, 0.5) is 5.69 Å². The maximum atomic E-state index is 12.4. The molecule has 1 fully saturated rings. The Balaban J connectivity index is 1.92. The van der Waals surface area contributed by atoms with Crippen LogP contribution in [0.15, 0.2) is 40.2 Å². The summed E-state index contributed by atoms with van der Waals surface area (Å²) in [5.41, 5.74) is 3.74. The van der Waals surface area contributed by atoms with Crippen molar-refractivity contribution in [3.05, 3.63) is 56.9 Å². The fourth-order valence-electron chi connectivity index (χ4n) is 2.85. The molecule has 0 radical (unpaired) electrons. The van der Waals surface area contributed by atoms with Crippen LogP contribution in [-0.2, 0) is 4.79 Å². The van der Waals surface area contributed by atoms with Crippen molar-refractivity contribution in [3.8, 4) is 11.5 Å². The third-order valence-corrected chi connectivity index (χ3v) is 5.33. The third kappa shape index (κ3) is 4.34. The van der Waals surface area contributed by atoms with Crippen LogP contribution >= 0.6 is 23.4 Å². The van der Waals surface area contributed by atoms with Crippen LogP contribution < -0.4 is 14.8 Å². The number of aliphatic imine (C=N–C) groups is 1. The molecular weight excluding hydrogens is 396 g/mol. The minimum absolute atomic E-state index is 0.195. The van der Waals surface area contributed by atoms with Crippen molar-refractivity contribution in [3.63, 3.8) is 0 Å². The smallest absolute Gasteiger partial charge is 0.264 e. The summed E-state index contributed by atoms with van der Waals surface area (Å²) in [4.78, 5) is 17.6. The zero-order valence-corrected chi connectivity index (χ0v) is 17.7. The van der Waals surface area contributed by atoms with Crippen LogP contribution in [0.2, 0.25) is 5.02 Å². The number of halogens is 1. The van der Waals surface area contributed by atoms with E-state index in [1.807, 2.05) is 39.0 Å². The number of nitrogens with one attached hydrogen (secondary N) is 1. The maximum Gasteiger partial charge on any atom is 0.264 e. The van der Waals surface area contributed by atoms with Gasteiger partial charge in [0, 0.05) is 0 Å². The standard InChI is InChI=1S/C21H21ClN2O3S/c1-5-27-16-10-14(9-15(22)19(16)26-4)11-17-20(25)24-21(28-17)23-18-12(2)7-6-8-13(18)3/h6-11H,5H2,1-4H3,(H,23,24,25)/b17-11-. The second kappa shape index (κ2) is 8.71. The monoisotopic (exact) mass is 416 g/mol. The van der Waals surface area contributed by atoms with Gasteiger partial charge in [-0.2, -0.15) is 0 Å². The van der Waals surface area contributed by atoms with Gasteiger partial charge in [-0.1, -0.05) is 29.8 Å². The molecule has 0 aromatic heterocycles. The second-order valence-corrected chi connectivity index (χ2v) is 7.63. The first-order chi connectivity index (χ1) is 13.4. The van der Waals surface area contributed by atoms with Crippen molar-refractivity contribution in [2.45, 2.75) is 20.8 Å². The number of thioether (sulfide) groups is 1. The molecule has 5 nitrogen and oxygen atoms in total. The van der Waals surface area contributed by atoms with Crippen molar-refractivity contribution in [1.82, 2.24) is 5.32 Å². The molecule has 2 aromatic carbocycles. The van der Waals surface area contributed by atoms with Crippen LogP contribution in [-0.4, -0.2) is 24.8 Å². The van der Waals surface area contributed by atoms with Crippen LogP contribution in [0.5, 0.6) is 11.5 Å². The van der Waals surface area contributed by atoms with Crippen molar-refractivity contribution in [2.75, 3.05) is 13.7 Å². The molecule has 0 spiro atoms. The Bertz CT molecular complexity index is 966. The van der Waals surface area contributed by atoms with Crippen LogP contribution in [0.1, 0.15) is 23.6 Å². The number of ether oxygens (including phenoxy) is 2. The van der Waals surface area contributed by atoms with E-state index in [0.29, 0.717) is 33.2 Å². The van der Waals surface area contributed by atoms with Gasteiger partial charge in [0.1, 0.15) is 0 Å².